The molecule has 1 aromatic carbocycles. The van der Waals surface area contributed by atoms with Crippen molar-refractivity contribution >= 4 is 11.9 Å². The molecule has 0 spiro atoms. The molecule has 0 fully saturated rings. The first-order chi connectivity index (χ1) is 17.4. The Labute approximate surface area is 245 Å². The number of ketones is 1. The first-order valence-electron chi connectivity index (χ1n) is 11.4. The molecule has 0 saturated heterocycles. The van der Waals surface area contributed by atoms with E-state index < -0.39 is 12.4 Å². The Hall–Kier alpha value is -1.79. The summed E-state index contributed by atoms with van der Waals surface area (Å²) < 4.78 is 62.6. The molecule has 1 radical (unpaired) electrons. The first-order valence-corrected chi connectivity index (χ1v) is 11.4. The van der Waals surface area contributed by atoms with Crippen LogP contribution in [-0.2, 0) is 53.8 Å². The summed E-state index contributed by atoms with van der Waals surface area (Å²) in [7, 11) is 1.33. The Morgan fingerprint density at radius 1 is 1.08 bits per heavy atom. The van der Waals surface area contributed by atoms with E-state index in [0.717, 1.165) is 40.7 Å². The minimum absolute atomic E-state index is 0. The van der Waals surface area contributed by atoms with Gasteiger partial charge in [-0.1, -0.05) is 71.0 Å². The van der Waals surface area contributed by atoms with E-state index in [1.54, 1.807) is 12.2 Å². The van der Waals surface area contributed by atoms with Crippen molar-refractivity contribution in [1.29, 1.82) is 0 Å². The molecule has 1 aliphatic rings. The maximum absolute atomic E-state index is 12.6. The average molecular weight is 627 g/mol. The van der Waals surface area contributed by atoms with Gasteiger partial charge in [-0.2, -0.15) is 26.3 Å². The van der Waals surface area contributed by atoms with Gasteiger partial charge >= 0.3 is 12.4 Å². The Bertz CT molecular complexity index is 898. The molecule has 2 rings (SSSR count). The second kappa shape index (κ2) is 22.1. The molecule has 0 aliphatic heterocycles. The monoisotopic (exact) mass is 627 g/mol. The molecule has 0 unspecified atom stereocenters. The van der Waals surface area contributed by atoms with Crippen LogP contribution in [0.15, 0.2) is 60.4 Å². The van der Waals surface area contributed by atoms with Crippen LogP contribution in [0.5, 0.6) is 0 Å². The normalized spacial score (nSPS) is 14.1. The molecule has 0 saturated carbocycles. The van der Waals surface area contributed by atoms with Gasteiger partial charge in [0.15, 0.2) is 5.78 Å². The summed E-state index contributed by atoms with van der Waals surface area (Å²) >= 11 is 0. The molecule has 0 atom stereocenters. The number of nitrogens with zero attached hydrogens (tertiary/aromatic N) is 1. The summed E-state index contributed by atoms with van der Waals surface area (Å²) in [4.78, 5) is 25.8. The molecule has 1 aliphatic carbocycles. The first kappa shape index (κ1) is 40.7. The van der Waals surface area contributed by atoms with Gasteiger partial charge in [0.25, 0.3) is 0 Å². The molecule has 0 heterocycles. The molecule has 38 heavy (non-hydrogen) atoms. The maximum atomic E-state index is 12.6. The van der Waals surface area contributed by atoms with E-state index in [2.05, 4.69) is 35.9 Å². The van der Waals surface area contributed by atoms with E-state index in [0.29, 0.717) is 0 Å². The zero-order chi connectivity index (χ0) is 29.1. The largest absolute Gasteiger partial charge is 0.568 e. The molecule has 0 bridgehead atoms. The van der Waals surface area contributed by atoms with Crippen LogP contribution in [0.1, 0.15) is 68.9 Å². The van der Waals surface area contributed by atoms with E-state index in [1.165, 1.54) is 19.8 Å². The number of fused-ring (bicyclic) bond motifs is 1. The molecule has 0 aromatic heterocycles. The summed E-state index contributed by atoms with van der Waals surface area (Å²) in [5, 5.41) is 0. The van der Waals surface area contributed by atoms with Gasteiger partial charge in [-0.25, -0.2) is 0 Å². The van der Waals surface area contributed by atoms with Crippen LogP contribution in [0.3, 0.4) is 0 Å². The second-order valence-corrected chi connectivity index (χ2v) is 6.83. The number of carbonyl (C=O) groups excluding carboxylic acids is 1. The summed E-state index contributed by atoms with van der Waals surface area (Å²) in [6.07, 6.45) is -0.625. The van der Waals surface area contributed by atoms with Gasteiger partial charge in [0.05, 0.1) is 13.4 Å². The van der Waals surface area contributed by atoms with Gasteiger partial charge in [-0.3, -0.25) is 9.68 Å². The minimum atomic E-state index is -6.06. The summed E-state index contributed by atoms with van der Waals surface area (Å²) in [6.45, 7) is 13.9. The van der Waals surface area contributed by atoms with Crippen molar-refractivity contribution < 1.29 is 78.6 Å². The molecular weight excluding hydrogens is 593 g/mol. The van der Waals surface area contributed by atoms with E-state index in [1.807, 2.05) is 51.1 Å². The predicted molar refractivity (Wildman–Crippen MR) is 132 cm³/mol. The van der Waals surface area contributed by atoms with Crippen LogP contribution >= 0.6 is 0 Å². The molecule has 0 amide bonds. The van der Waals surface area contributed by atoms with Crippen LogP contribution in [0, 0.1) is 0 Å². The van der Waals surface area contributed by atoms with Gasteiger partial charge in [0.1, 0.15) is 0 Å². The van der Waals surface area contributed by atoms with Crippen molar-refractivity contribution in [2.45, 2.75) is 66.2 Å². The molecule has 213 valence electrons. The summed E-state index contributed by atoms with van der Waals surface area (Å²) in [5.74, 6) is 0.0766. The summed E-state index contributed by atoms with van der Waals surface area (Å²) in [5.41, 5.74) is 7.65. The fourth-order valence-corrected chi connectivity index (χ4v) is 2.48. The van der Waals surface area contributed by atoms with Gasteiger partial charge in [0.2, 0.25) is 0 Å². The number of hydrogen-bond donors (Lipinski definition) is 0. The number of halogens is 6. The van der Waals surface area contributed by atoms with Crippen LogP contribution < -0.4 is 0 Å². The zero-order valence-electron chi connectivity index (χ0n) is 22.4. The number of benzene rings is 1. The van der Waals surface area contributed by atoms with Gasteiger partial charge < -0.3 is 15.5 Å². The third kappa shape index (κ3) is 16.2. The minimum Gasteiger partial charge on any atom is -0.568 e. The van der Waals surface area contributed by atoms with Crippen molar-refractivity contribution in [2.24, 2.45) is 0 Å². The third-order valence-electron chi connectivity index (χ3n) is 4.03. The number of Topliss-reactive ketones (excluding diaryl/α,β-unsaturated/α-hetero) is 1. The van der Waals surface area contributed by atoms with Crippen molar-refractivity contribution in [3.05, 3.63) is 82.7 Å². The predicted octanol–water partition coefficient (Wildman–Crippen LogP) is 9.19. The Morgan fingerprint density at radius 3 is 2.08 bits per heavy atom. The van der Waals surface area contributed by atoms with Crippen LogP contribution in [0.4, 0.5) is 26.3 Å². The standard InChI is InChI=1S/C19H20NO4.C3H8.C2F6.C2H6.Y/c1-4-14(5-2)12-17-8-7-16-13-15(6-9-18(16)19(17)21)10-11-23-20-24-22-3;1-3-2;3-1(4,5)2(6,7)8;1-2;/h4-6,9-13H,1,7-8H2,2-3H3;3H2,1-2H3;;1-2H3;/q-1;;;;/b11-10-,14-5+,17-12+;;;;. The van der Waals surface area contributed by atoms with E-state index in [4.69, 9.17) is 4.84 Å². The summed E-state index contributed by atoms with van der Waals surface area (Å²) in [6, 6.07) is 5.68. The van der Waals surface area contributed by atoms with E-state index in [9.17, 15) is 31.1 Å². The van der Waals surface area contributed by atoms with E-state index >= 15 is 0 Å². The van der Waals surface area contributed by atoms with Crippen molar-refractivity contribution in [3.8, 4) is 0 Å². The molecule has 5 nitrogen and oxygen atoms in total. The SMILES string of the molecule is C=CC(=C\C)/C=C1\CCc2cc(/C=C\O[N-]OOC)ccc2C1=O.CC.CCC.FC(F)(F)C(F)(F)F.[Y]. The quantitative estimate of drug-likeness (QED) is 0.0576. The Kier molecular flexibility index (Phi) is 23.6. The smallest absolute Gasteiger partial charge is 0.487 e. The molecular formula is C26H34F6NO4Y-. The second-order valence-electron chi connectivity index (χ2n) is 6.83. The third-order valence-corrected chi connectivity index (χ3v) is 4.03. The number of hydrogen-bond acceptors (Lipinski definition) is 4. The van der Waals surface area contributed by atoms with Crippen molar-refractivity contribution in [1.82, 2.24) is 0 Å². The van der Waals surface area contributed by atoms with Gasteiger partial charge in [-0.05, 0) is 48.6 Å². The topological polar surface area (TPSA) is 58.9 Å². The van der Waals surface area contributed by atoms with Gasteiger partial charge in [0, 0.05) is 43.8 Å². The molecule has 1 aromatic rings. The van der Waals surface area contributed by atoms with E-state index in [-0.39, 0.29) is 38.5 Å². The number of carbonyl (C=O) groups is 1. The number of alkyl halides is 6. The van der Waals surface area contributed by atoms with Crippen molar-refractivity contribution in [3.63, 3.8) is 0 Å². The molecule has 0 N–H and O–H groups in total. The van der Waals surface area contributed by atoms with Crippen molar-refractivity contribution in [2.75, 3.05) is 7.11 Å². The van der Waals surface area contributed by atoms with Crippen LogP contribution in [-0.4, -0.2) is 25.2 Å². The fourth-order valence-electron chi connectivity index (χ4n) is 2.48. The maximum Gasteiger partial charge on any atom is 0.487 e. The Balaban J connectivity index is -0.000000736. The number of aryl methyl sites for hydroxylation is 1. The zero-order valence-corrected chi connectivity index (χ0v) is 25.2. The fraction of sp³-hybridized carbons (Fsp3) is 0.423. The average Bonchev–Trinajstić information content (AvgIpc) is 2.84. The number of rotatable bonds is 7. The molecule has 12 heteroatoms. The van der Waals surface area contributed by atoms with Crippen LogP contribution in [0.25, 0.3) is 11.7 Å². The van der Waals surface area contributed by atoms with Gasteiger partial charge in [-0.15, -0.1) is 0 Å². The Morgan fingerprint density at radius 2 is 1.63 bits per heavy atom. The number of allylic oxidation sites excluding steroid dienone is 5. The van der Waals surface area contributed by atoms with Crippen LogP contribution in [0.2, 0.25) is 0 Å².